The van der Waals surface area contributed by atoms with Gasteiger partial charge in [-0.15, -0.1) is 0 Å². The van der Waals surface area contributed by atoms with Crippen LogP contribution in [0.1, 0.15) is 15.9 Å². The number of amides is 1. The second kappa shape index (κ2) is 8.75. The number of non-ortho nitro benzene ring substituents is 1. The van der Waals surface area contributed by atoms with Crippen LogP contribution in [0.25, 0.3) is 0 Å². The summed E-state index contributed by atoms with van der Waals surface area (Å²) in [7, 11) is -2.92. The van der Waals surface area contributed by atoms with E-state index in [1.807, 2.05) is 0 Å². The zero-order chi connectivity index (χ0) is 22.8. The fourth-order valence-electron chi connectivity index (χ4n) is 2.81. The van der Waals surface area contributed by atoms with Crippen LogP contribution in [0.3, 0.4) is 0 Å². The van der Waals surface area contributed by atoms with E-state index in [1.54, 1.807) is 19.1 Å². The third kappa shape index (κ3) is 4.52. The van der Waals surface area contributed by atoms with Gasteiger partial charge in [0.15, 0.2) is 0 Å². The van der Waals surface area contributed by atoms with Crippen LogP contribution >= 0.6 is 11.6 Å². The highest BCUT2D eigenvalue weighted by molar-refractivity contribution is 7.93. The molecule has 0 aliphatic carbocycles. The van der Waals surface area contributed by atoms with Gasteiger partial charge < -0.3 is 4.74 Å². The number of nitrogens with zero attached hydrogens (tertiary/aromatic N) is 2. The van der Waals surface area contributed by atoms with Gasteiger partial charge in [0.1, 0.15) is 5.75 Å². The Hall–Kier alpha value is -3.43. The monoisotopic (exact) mass is 460 g/mol. The van der Waals surface area contributed by atoms with Crippen molar-refractivity contribution >= 4 is 38.9 Å². The SMILES string of the molecule is COc1ccc(N(C(=O)c2ccc([N+](=O)[O-])cc2)S(=O)(=O)c2ccc(C)cc2)cc1Cl. The third-order valence-electron chi connectivity index (χ3n) is 4.44. The Balaban J connectivity index is 2.16. The molecular weight excluding hydrogens is 444 g/mol. The van der Waals surface area contributed by atoms with Crippen molar-refractivity contribution in [1.29, 1.82) is 0 Å². The topological polar surface area (TPSA) is 107 Å². The molecular formula is C21H17ClN2O6S. The van der Waals surface area contributed by atoms with Crippen molar-refractivity contribution in [3.63, 3.8) is 0 Å². The predicted molar refractivity (Wildman–Crippen MR) is 116 cm³/mol. The Morgan fingerprint density at radius 3 is 2.16 bits per heavy atom. The highest BCUT2D eigenvalue weighted by atomic mass is 35.5. The van der Waals surface area contributed by atoms with Gasteiger partial charge in [-0.1, -0.05) is 29.3 Å². The lowest BCUT2D eigenvalue weighted by Crippen LogP contribution is -2.37. The molecule has 3 aromatic rings. The van der Waals surface area contributed by atoms with Crippen LogP contribution in [0.15, 0.2) is 71.6 Å². The number of aryl methyl sites for hydroxylation is 1. The normalized spacial score (nSPS) is 11.1. The average Bonchev–Trinajstić information content (AvgIpc) is 2.74. The number of carbonyl (C=O) groups excluding carboxylic acids is 1. The third-order valence-corrected chi connectivity index (χ3v) is 6.46. The summed E-state index contributed by atoms with van der Waals surface area (Å²) in [5.41, 5.74) is 0.569. The molecule has 0 aliphatic rings. The van der Waals surface area contributed by atoms with E-state index < -0.39 is 20.9 Å². The molecule has 0 unspecified atom stereocenters. The van der Waals surface area contributed by atoms with E-state index in [2.05, 4.69) is 0 Å². The number of benzene rings is 3. The summed E-state index contributed by atoms with van der Waals surface area (Å²) < 4.78 is 32.6. The minimum absolute atomic E-state index is 0.00488. The number of rotatable bonds is 6. The fourth-order valence-corrected chi connectivity index (χ4v) is 4.46. The summed E-state index contributed by atoms with van der Waals surface area (Å²) in [6, 6.07) is 14.8. The van der Waals surface area contributed by atoms with Crippen molar-refractivity contribution < 1.29 is 22.9 Å². The molecule has 0 spiro atoms. The molecule has 0 N–H and O–H groups in total. The zero-order valence-corrected chi connectivity index (χ0v) is 18.1. The Bertz CT molecular complexity index is 1240. The van der Waals surface area contributed by atoms with Crippen molar-refractivity contribution in [2.45, 2.75) is 11.8 Å². The van der Waals surface area contributed by atoms with Crippen LogP contribution in [0, 0.1) is 17.0 Å². The van der Waals surface area contributed by atoms with E-state index in [-0.39, 0.29) is 26.9 Å². The van der Waals surface area contributed by atoms with Crippen molar-refractivity contribution in [1.82, 2.24) is 0 Å². The van der Waals surface area contributed by atoms with Gasteiger partial charge in [-0.2, -0.15) is 4.31 Å². The molecule has 0 fully saturated rings. The van der Waals surface area contributed by atoms with Gasteiger partial charge in [-0.05, 0) is 49.4 Å². The standard InChI is InChI=1S/C21H17ClN2O6S/c1-14-3-10-18(11-4-14)31(28,29)23(17-9-12-20(30-2)19(22)13-17)21(25)15-5-7-16(8-6-15)24(26)27/h3-13H,1-2H3. The summed E-state index contributed by atoms with van der Waals surface area (Å²) in [5.74, 6) is -0.586. The molecule has 1 amide bonds. The number of anilines is 1. The Labute approximate surface area is 183 Å². The highest BCUT2D eigenvalue weighted by Crippen LogP contribution is 2.33. The van der Waals surface area contributed by atoms with Crippen LogP contribution in [-0.4, -0.2) is 26.4 Å². The molecule has 0 saturated carbocycles. The van der Waals surface area contributed by atoms with Gasteiger partial charge in [0.05, 0.1) is 27.6 Å². The summed E-state index contributed by atoms with van der Waals surface area (Å²) in [6.45, 7) is 1.80. The summed E-state index contributed by atoms with van der Waals surface area (Å²) in [5, 5.41) is 11.0. The first-order valence-electron chi connectivity index (χ1n) is 8.89. The lowest BCUT2D eigenvalue weighted by atomic mass is 10.2. The number of ether oxygens (including phenoxy) is 1. The second-order valence-corrected chi connectivity index (χ2v) is 8.70. The van der Waals surface area contributed by atoms with Crippen LogP contribution in [-0.2, 0) is 10.0 Å². The number of nitro groups is 1. The molecule has 0 aliphatic heterocycles. The van der Waals surface area contributed by atoms with Gasteiger partial charge in [-0.3, -0.25) is 14.9 Å². The van der Waals surface area contributed by atoms with Crippen molar-refractivity contribution in [3.8, 4) is 5.75 Å². The van der Waals surface area contributed by atoms with E-state index in [4.69, 9.17) is 16.3 Å². The molecule has 0 bridgehead atoms. The van der Waals surface area contributed by atoms with Gasteiger partial charge in [-0.25, -0.2) is 8.42 Å². The maximum absolute atomic E-state index is 13.4. The summed E-state index contributed by atoms with van der Waals surface area (Å²) in [6.07, 6.45) is 0. The van der Waals surface area contributed by atoms with Crippen molar-refractivity contribution in [2.24, 2.45) is 0 Å². The predicted octanol–water partition coefficient (Wildman–Crippen LogP) is 4.60. The lowest BCUT2D eigenvalue weighted by Gasteiger charge is -2.23. The van der Waals surface area contributed by atoms with Crippen LogP contribution in [0.2, 0.25) is 5.02 Å². The quantitative estimate of drug-likeness (QED) is 0.393. The first-order valence-corrected chi connectivity index (χ1v) is 10.7. The minimum Gasteiger partial charge on any atom is -0.495 e. The zero-order valence-electron chi connectivity index (χ0n) is 16.5. The first-order chi connectivity index (χ1) is 14.6. The summed E-state index contributed by atoms with van der Waals surface area (Å²) >= 11 is 6.16. The van der Waals surface area contributed by atoms with Crippen LogP contribution < -0.4 is 9.04 Å². The molecule has 0 atom stereocenters. The average molecular weight is 461 g/mol. The van der Waals surface area contributed by atoms with E-state index in [9.17, 15) is 23.3 Å². The molecule has 160 valence electrons. The van der Waals surface area contributed by atoms with Crippen molar-refractivity contribution in [3.05, 3.63) is 93.0 Å². The summed E-state index contributed by atoms with van der Waals surface area (Å²) in [4.78, 5) is 23.5. The van der Waals surface area contributed by atoms with E-state index in [0.717, 1.165) is 17.7 Å². The second-order valence-electron chi connectivity index (χ2n) is 6.51. The van der Waals surface area contributed by atoms with Gasteiger partial charge >= 0.3 is 0 Å². The molecule has 0 aromatic heterocycles. The molecule has 31 heavy (non-hydrogen) atoms. The number of nitro benzene ring substituents is 1. The smallest absolute Gasteiger partial charge is 0.272 e. The molecule has 0 heterocycles. The molecule has 10 heteroatoms. The molecule has 8 nitrogen and oxygen atoms in total. The molecule has 0 saturated heterocycles. The number of hydrogen-bond acceptors (Lipinski definition) is 6. The lowest BCUT2D eigenvalue weighted by molar-refractivity contribution is -0.384. The number of halogens is 1. The number of carbonyl (C=O) groups is 1. The first kappa shape index (κ1) is 22.3. The van der Waals surface area contributed by atoms with Gasteiger partial charge in [0.2, 0.25) is 0 Å². The fraction of sp³-hybridized carbons (Fsp3) is 0.0952. The maximum Gasteiger partial charge on any atom is 0.272 e. The van der Waals surface area contributed by atoms with E-state index >= 15 is 0 Å². The van der Waals surface area contributed by atoms with Gasteiger partial charge in [0, 0.05) is 17.7 Å². The van der Waals surface area contributed by atoms with E-state index in [0.29, 0.717) is 10.1 Å². The number of methoxy groups -OCH3 is 1. The maximum atomic E-state index is 13.4. The highest BCUT2D eigenvalue weighted by Gasteiger charge is 2.32. The van der Waals surface area contributed by atoms with Crippen molar-refractivity contribution in [2.75, 3.05) is 11.4 Å². The number of hydrogen-bond donors (Lipinski definition) is 0. The Morgan fingerprint density at radius 2 is 1.65 bits per heavy atom. The molecule has 0 radical (unpaired) electrons. The van der Waals surface area contributed by atoms with Crippen LogP contribution in [0.5, 0.6) is 5.75 Å². The van der Waals surface area contributed by atoms with Gasteiger partial charge in [0.25, 0.3) is 21.6 Å². The Kier molecular flexibility index (Phi) is 6.28. The molecule has 3 rings (SSSR count). The van der Waals surface area contributed by atoms with Crippen LogP contribution in [0.4, 0.5) is 11.4 Å². The molecule has 3 aromatic carbocycles. The Morgan fingerprint density at radius 1 is 1.03 bits per heavy atom. The van der Waals surface area contributed by atoms with E-state index in [1.165, 1.54) is 49.6 Å². The largest absolute Gasteiger partial charge is 0.495 e. The number of sulfonamides is 1. The minimum atomic E-state index is -4.33.